The lowest BCUT2D eigenvalue weighted by Crippen LogP contribution is -1.97. The summed E-state index contributed by atoms with van der Waals surface area (Å²) in [7, 11) is 7.96. The number of hydrogen-bond donors (Lipinski definition) is 1. The van der Waals surface area contributed by atoms with Crippen LogP contribution >= 0.6 is 11.3 Å². The van der Waals surface area contributed by atoms with Crippen LogP contribution in [-0.4, -0.2) is 40.5 Å². The van der Waals surface area contributed by atoms with E-state index in [1.165, 1.54) is 11.3 Å². The van der Waals surface area contributed by atoms with Gasteiger partial charge in [0, 0.05) is 28.8 Å². The van der Waals surface area contributed by atoms with Gasteiger partial charge in [0.05, 0.1) is 41.2 Å². The molecule has 0 saturated carbocycles. The standard InChI is InChI=1S/C20H22N2O5S/c1-23-15-7-6-12(8-16(15)24-2)14-11-28-20(22-14)21-13-9-17(25-3)19(27-5)18(10-13)26-4/h6-11H,1-5H3,(H,21,22). The summed E-state index contributed by atoms with van der Waals surface area (Å²) in [6, 6.07) is 9.37. The molecule has 1 heterocycles. The number of nitrogens with zero attached hydrogens (tertiary/aromatic N) is 1. The summed E-state index contributed by atoms with van der Waals surface area (Å²) in [5, 5.41) is 5.99. The lowest BCUT2D eigenvalue weighted by molar-refractivity contribution is 0.324. The summed E-state index contributed by atoms with van der Waals surface area (Å²) in [6.07, 6.45) is 0. The van der Waals surface area contributed by atoms with E-state index < -0.39 is 0 Å². The quantitative estimate of drug-likeness (QED) is 0.590. The molecule has 2 aromatic carbocycles. The van der Waals surface area contributed by atoms with Crippen molar-refractivity contribution in [2.24, 2.45) is 0 Å². The van der Waals surface area contributed by atoms with Gasteiger partial charge in [0.25, 0.3) is 0 Å². The number of benzene rings is 2. The molecular formula is C20H22N2O5S. The highest BCUT2D eigenvalue weighted by Crippen LogP contribution is 2.41. The Morgan fingerprint density at radius 3 is 1.96 bits per heavy atom. The predicted octanol–water partition coefficient (Wildman–Crippen LogP) is 4.60. The fourth-order valence-electron chi connectivity index (χ4n) is 2.74. The second kappa shape index (κ2) is 8.71. The van der Waals surface area contributed by atoms with Gasteiger partial charge in [-0.2, -0.15) is 0 Å². The molecule has 7 nitrogen and oxygen atoms in total. The van der Waals surface area contributed by atoms with Crippen molar-refractivity contribution in [3.8, 4) is 40.0 Å². The molecule has 3 aromatic rings. The summed E-state index contributed by atoms with van der Waals surface area (Å²) < 4.78 is 26.8. The van der Waals surface area contributed by atoms with Gasteiger partial charge in [0.1, 0.15) is 0 Å². The molecule has 0 aliphatic heterocycles. The highest BCUT2D eigenvalue weighted by molar-refractivity contribution is 7.14. The number of nitrogens with one attached hydrogen (secondary N) is 1. The molecule has 0 aliphatic carbocycles. The van der Waals surface area contributed by atoms with Crippen LogP contribution in [0, 0.1) is 0 Å². The molecule has 3 rings (SSSR count). The van der Waals surface area contributed by atoms with Gasteiger partial charge in [-0.05, 0) is 18.2 Å². The molecule has 0 radical (unpaired) electrons. The minimum absolute atomic E-state index is 0.542. The maximum absolute atomic E-state index is 5.39. The second-order valence-corrected chi connectivity index (χ2v) is 6.50. The lowest BCUT2D eigenvalue weighted by Gasteiger charge is -2.14. The summed E-state index contributed by atoms with van der Waals surface area (Å²) >= 11 is 1.49. The minimum Gasteiger partial charge on any atom is -0.493 e. The van der Waals surface area contributed by atoms with Crippen molar-refractivity contribution in [2.75, 3.05) is 40.9 Å². The molecule has 0 saturated heterocycles. The van der Waals surface area contributed by atoms with Crippen molar-refractivity contribution in [1.82, 2.24) is 4.98 Å². The largest absolute Gasteiger partial charge is 0.493 e. The van der Waals surface area contributed by atoms with Crippen molar-refractivity contribution in [3.63, 3.8) is 0 Å². The van der Waals surface area contributed by atoms with Gasteiger partial charge in [0.15, 0.2) is 28.1 Å². The molecule has 8 heteroatoms. The second-order valence-electron chi connectivity index (χ2n) is 5.65. The van der Waals surface area contributed by atoms with Crippen molar-refractivity contribution < 1.29 is 23.7 Å². The number of thiazole rings is 1. The van der Waals surface area contributed by atoms with Crippen LogP contribution in [-0.2, 0) is 0 Å². The topological polar surface area (TPSA) is 71.1 Å². The Hall–Kier alpha value is -3.13. The summed E-state index contributed by atoms with van der Waals surface area (Å²) in [6.45, 7) is 0. The van der Waals surface area contributed by atoms with Crippen molar-refractivity contribution in [1.29, 1.82) is 0 Å². The Morgan fingerprint density at radius 1 is 0.750 bits per heavy atom. The highest BCUT2D eigenvalue weighted by atomic mass is 32.1. The van der Waals surface area contributed by atoms with E-state index in [0.717, 1.165) is 22.1 Å². The normalized spacial score (nSPS) is 10.3. The van der Waals surface area contributed by atoms with Gasteiger partial charge in [-0.3, -0.25) is 0 Å². The fraction of sp³-hybridized carbons (Fsp3) is 0.250. The van der Waals surface area contributed by atoms with Gasteiger partial charge in [0.2, 0.25) is 5.75 Å². The van der Waals surface area contributed by atoms with Crippen molar-refractivity contribution in [2.45, 2.75) is 0 Å². The van der Waals surface area contributed by atoms with Crippen LogP contribution in [0.3, 0.4) is 0 Å². The zero-order valence-electron chi connectivity index (χ0n) is 16.4. The van der Waals surface area contributed by atoms with Gasteiger partial charge in [-0.25, -0.2) is 4.98 Å². The minimum atomic E-state index is 0.542. The van der Waals surface area contributed by atoms with E-state index in [2.05, 4.69) is 10.3 Å². The van der Waals surface area contributed by atoms with Gasteiger partial charge < -0.3 is 29.0 Å². The number of rotatable bonds is 8. The Morgan fingerprint density at radius 2 is 1.39 bits per heavy atom. The molecule has 0 unspecified atom stereocenters. The van der Waals surface area contributed by atoms with E-state index in [1.807, 2.05) is 35.7 Å². The van der Waals surface area contributed by atoms with Crippen LogP contribution in [0.1, 0.15) is 0 Å². The third-order valence-electron chi connectivity index (χ3n) is 4.10. The van der Waals surface area contributed by atoms with Gasteiger partial charge in [-0.15, -0.1) is 11.3 Å². The first-order valence-corrected chi connectivity index (χ1v) is 9.26. The number of methoxy groups -OCH3 is 5. The van der Waals surface area contributed by atoms with Gasteiger partial charge in [-0.1, -0.05) is 0 Å². The van der Waals surface area contributed by atoms with E-state index in [0.29, 0.717) is 28.7 Å². The van der Waals surface area contributed by atoms with Crippen LogP contribution in [0.15, 0.2) is 35.7 Å². The maximum atomic E-state index is 5.39. The number of anilines is 2. The molecular weight excluding hydrogens is 380 g/mol. The zero-order valence-corrected chi connectivity index (χ0v) is 17.2. The Kier molecular flexibility index (Phi) is 6.10. The third-order valence-corrected chi connectivity index (χ3v) is 4.86. The van der Waals surface area contributed by atoms with Crippen LogP contribution in [0.5, 0.6) is 28.7 Å². The number of aromatic nitrogens is 1. The van der Waals surface area contributed by atoms with E-state index in [4.69, 9.17) is 23.7 Å². The molecule has 0 bridgehead atoms. The Bertz CT molecular complexity index is 933. The first-order valence-electron chi connectivity index (χ1n) is 8.38. The molecule has 0 fully saturated rings. The Balaban J connectivity index is 1.87. The Labute approximate surface area is 167 Å². The first-order chi connectivity index (χ1) is 13.6. The molecule has 0 aliphatic rings. The van der Waals surface area contributed by atoms with Crippen molar-refractivity contribution in [3.05, 3.63) is 35.7 Å². The molecule has 1 N–H and O–H groups in total. The van der Waals surface area contributed by atoms with Crippen LogP contribution in [0.4, 0.5) is 10.8 Å². The molecule has 0 spiro atoms. The molecule has 28 heavy (non-hydrogen) atoms. The molecule has 1 aromatic heterocycles. The van der Waals surface area contributed by atoms with Crippen LogP contribution < -0.4 is 29.0 Å². The SMILES string of the molecule is COc1ccc(-c2csc(Nc3cc(OC)c(OC)c(OC)c3)n2)cc1OC. The fourth-order valence-corrected chi connectivity index (χ4v) is 3.48. The average Bonchev–Trinajstić information content (AvgIpc) is 3.20. The molecule has 0 atom stereocenters. The summed E-state index contributed by atoms with van der Waals surface area (Å²) in [5.41, 5.74) is 2.55. The lowest BCUT2D eigenvalue weighted by atomic mass is 10.1. The summed E-state index contributed by atoms with van der Waals surface area (Å²) in [4.78, 5) is 4.66. The number of hydrogen-bond acceptors (Lipinski definition) is 8. The molecule has 0 amide bonds. The number of ether oxygens (including phenoxy) is 5. The monoisotopic (exact) mass is 402 g/mol. The third kappa shape index (κ3) is 3.91. The van der Waals surface area contributed by atoms with E-state index in [9.17, 15) is 0 Å². The highest BCUT2D eigenvalue weighted by Gasteiger charge is 2.15. The average molecular weight is 402 g/mol. The first kappa shape index (κ1) is 19.6. The predicted molar refractivity (Wildman–Crippen MR) is 110 cm³/mol. The van der Waals surface area contributed by atoms with Gasteiger partial charge >= 0.3 is 0 Å². The maximum Gasteiger partial charge on any atom is 0.203 e. The van der Waals surface area contributed by atoms with E-state index in [1.54, 1.807) is 35.5 Å². The van der Waals surface area contributed by atoms with E-state index >= 15 is 0 Å². The van der Waals surface area contributed by atoms with Crippen LogP contribution in [0.25, 0.3) is 11.3 Å². The summed E-state index contributed by atoms with van der Waals surface area (Å²) in [5.74, 6) is 3.02. The van der Waals surface area contributed by atoms with E-state index in [-0.39, 0.29) is 0 Å². The molecule has 148 valence electrons. The van der Waals surface area contributed by atoms with Crippen molar-refractivity contribution >= 4 is 22.2 Å². The smallest absolute Gasteiger partial charge is 0.203 e. The van der Waals surface area contributed by atoms with Crippen LogP contribution in [0.2, 0.25) is 0 Å². The zero-order chi connectivity index (χ0) is 20.1.